The van der Waals surface area contributed by atoms with Gasteiger partial charge >= 0.3 is 0 Å². The normalized spacial score (nSPS) is 12.3. The number of rotatable bonds is 5. The SMILES string of the molecule is CC(C)N(Cc1ccccc1)Cc1cnn(C(C)(C)C)c1N. The minimum Gasteiger partial charge on any atom is -0.384 e. The fourth-order valence-electron chi connectivity index (χ4n) is 2.51. The third-order valence-electron chi connectivity index (χ3n) is 3.85. The Hall–Kier alpha value is -1.81. The highest BCUT2D eigenvalue weighted by Gasteiger charge is 2.21. The van der Waals surface area contributed by atoms with Crippen molar-refractivity contribution in [3.8, 4) is 0 Å². The van der Waals surface area contributed by atoms with E-state index >= 15 is 0 Å². The van der Waals surface area contributed by atoms with E-state index < -0.39 is 0 Å². The molecule has 22 heavy (non-hydrogen) atoms. The lowest BCUT2D eigenvalue weighted by Crippen LogP contribution is -2.30. The van der Waals surface area contributed by atoms with E-state index in [0.717, 1.165) is 24.5 Å². The zero-order chi connectivity index (χ0) is 16.3. The van der Waals surface area contributed by atoms with Crippen LogP contribution in [0.5, 0.6) is 0 Å². The van der Waals surface area contributed by atoms with Gasteiger partial charge in [-0.15, -0.1) is 0 Å². The first kappa shape index (κ1) is 16.6. The van der Waals surface area contributed by atoms with Gasteiger partial charge in [-0.25, -0.2) is 4.68 Å². The summed E-state index contributed by atoms with van der Waals surface area (Å²) in [4.78, 5) is 2.41. The molecular formula is C18H28N4. The molecule has 1 aromatic carbocycles. The van der Waals surface area contributed by atoms with Gasteiger partial charge in [0.2, 0.25) is 0 Å². The van der Waals surface area contributed by atoms with Gasteiger partial charge in [-0.1, -0.05) is 30.3 Å². The number of nitrogens with zero attached hydrogens (tertiary/aromatic N) is 3. The molecule has 0 saturated heterocycles. The number of nitrogen functional groups attached to an aromatic ring is 1. The van der Waals surface area contributed by atoms with Crippen LogP contribution in [-0.4, -0.2) is 20.7 Å². The van der Waals surface area contributed by atoms with E-state index in [0.29, 0.717) is 6.04 Å². The molecule has 1 aromatic heterocycles. The molecule has 0 fully saturated rings. The zero-order valence-electron chi connectivity index (χ0n) is 14.4. The highest BCUT2D eigenvalue weighted by atomic mass is 15.3. The van der Waals surface area contributed by atoms with Crippen LogP contribution in [0.3, 0.4) is 0 Å². The molecule has 0 bridgehead atoms. The molecule has 120 valence electrons. The smallest absolute Gasteiger partial charge is 0.126 e. The summed E-state index contributed by atoms with van der Waals surface area (Å²) < 4.78 is 1.91. The number of benzene rings is 1. The third-order valence-corrected chi connectivity index (χ3v) is 3.85. The fourth-order valence-corrected chi connectivity index (χ4v) is 2.51. The standard InChI is InChI=1S/C18H28N4/c1-14(2)21(12-15-9-7-6-8-10-15)13-16-11-20-22(17(16)19)18(3,4)5/h6-11,14H,12-13,19H2,1-5H3. The molecule has 0 aliphatic heterocycles. The molecule has 0 radical (unpaired) electrons. The molecule has 0 atom stereocenters. The summed E-state index contributed by atoms with van der Waals surface area (Å²) in [6, 6.07) is 11.0. The van der Waals surface area contributed by atoms with Gasteiger partial charge in [-0.3, -0.25) is 4.90 Å². The maximum absolute atomic E-state index is 6.31. The van der Waals surface area contributed by atoms with Crippen LogP contribution in [0.1, 0.15) is 45.7 Å². The summed E-state index contributed by atoms with van der Waals surface area (Å²) in [6.45, 7) is 12.5. The van der Waals surface area contributed by atoms with Crippen molar-refractivity contribution in [3.05, 3.63) is 47.7 Å². The molecular weight excluding hydrogens is 272 g/mol. The van der Waals surface area contributed by atoms with Crippen LogP contribution in [0.2, 0.25) is 0 Å². The molecule has 0 saturated carbocycles. The largest absolute Gasteiger partial charge is 0.384 e. The van der Waals surface area contributed by atoms with Crippen molar-refractivity contribution >= 4 is 5.82 Å². The van der Waals surface area contributed by atoms with Crippen molar-refractivity contribution in [2.75, 3.05) is 5.73 Å². The van der Waals surface area contributed by atoms with E-state index in [2.05, 4.69) is 74.9 Å². The van der Waals surface area contributed by atoms with E-state index in [1.165, 1.54) is 5.56 Å². The second-order valence-corrected chi connectivity index (χ2v) is 7.12. The van der Waals surface area contributed by atoms with Gasteiger partial charge in [0.05, 0.1) is 11.7 Å². The predicted molar refractivity (Wildman–Crippen MR) is 92.5 cm³/mol. The van der Waals surface area contributed by atoms with Crippen LogP contribution in [0.25, 0.3) is 0 Å². The maximum atomic E-state index is 6.31. The lowest BCUT2D eigenvalue weighted by atomic mass is 10.1. The van der Waals surface area contributed by atoms with Crippen LogP contribution in [0, 0.1) is 0 Å². The average molecular weight is 300 g/mol. The summed E-state index contributed by atoms with van der Waals surface area (Å²) in [5.41, 5.74) is 8.63. The molecule has 0 spiro atoms. The maximum Gasteiger partial charge on any atom is 0.126 e. The Kier molecular flexibility index (Phi) is 4.91. The Bertz CT molecular complexity index is 593. The Morgan fingerprint density at radius 3 is 2.27 bits per heavy atom. The van der Waals surface area contributed by atoms with Gasteiger partial charge in [0.25, 0.3) is 0 Å². The molecule has 0 aliphatic carbocycles. The number of nitrogens with two attached hydrogens (primary N) is 1. The molecule has 4 heteroatoms. The van der Waals surface area contributed by atoms with E-state index in [1.54, 1.807) is 0 Å². The first-order chi connectivity index (χ1) is 10.3. The van der Waals surface area contributed by atoms with Crippen LogP contribution in [0.15, 0.2) is 36.5 Å². The van der Waals surface area contributed by atoms with Crippen LogP contribution in [0.4, 0.5) is 5.82 Å². The highest BCUT2D eigenvalue weighted by Crippen LogP contribution is 2.23. The molecule has 2 N–H and O–H groups in total. The molecule has 0 unspecified atom stereocenters. The Morgan fingerprint density at radius 2 is 1.77 bits per heavy atom. The predicted octanol–water partition coefficient (Wildman–Crippen LogP) is 3.63. The molecule has 4 nitrogen and oxygen atoms in total. The van der Waals surface area contributed by atoms with E-state index in [1.807, 2.05) is 10.9 Å². The van der Waals surface area contributed by atoms with Gasteiger partial charge < -0.3 is 5.73 Å². The number of hydrogen-bond acceptors (Lipinski definition) is 3. The number of aromatic nitrogens is 2. The van der Waals surface area contributed by atoms with Gasteiger partial charge in [-0.05, 0) is 40.2 Å². The van der Waals surface area contributed by atoms with Crippen LogP contribution >= 0.6 is 0 Å². The van der Waals surface area contributed by atoms with E-state index in [9.17, 15) is 0 Å². The van der Waals surface area contributed by atoms with Gasteiger partial charge in [0.15, 0.2) is 0 Å². The molecule has 0 aliphatic rings. The van der Waals surface area contributed by atoms with Crippen LogP contribution < -0.4 is 5.73 Å². The van der Waals surface area contributed by atoms with Crippen molar-refractivity contribution < 1.29 is 0 Å². The van der Waals surface area contributed by atoms with Crippen molar-refractivity contribution in [1.29, 1.82) is 0 Å². The Labute approximate surface area is 133 Å². The number of anilines is 1. The van der Waals surface area contributed by atoms with Crippen molar-refractivity contribution in [1.82, 2.24) is 14.7 Å². The quantitative estimate of drug-likeness (QED) is 0.917. The van der Waals surface area contributed by atoms with Gasteiger partial charge in [0.1, 0.15) is 5.82 Å². The Morgan fingerprint density at radius 1 is 1.14 bits per heavy atom. The van der Waals surface area contributed by atoms with E-state index in [4.69, 9.17) is 5.73 Å². The second-order valence-electron chi connectivity index (χ2n) is 7.12. The van der Waals surface area contributed by atoms with Gasteiger partial charge in [0, 0.05) is 24.7 Å². The third kappa shape index (κ3) is 3.89. The van der Waals surface area contributed by atoms with Crippen LogP contribution in [-0.2, 0) is 18.6 Å². The highest BCUT2D eigenvalue weighted by molar-refractivity contribution is 5.39. The minimum atomic E-state index is -0.0928. The summed E-state index contributed by atoms with van der Waals surface area (Å²) >= 11 is 0. The van der Waals surface area contributed by atoms with Crippen molar-refractivity contribution in [2.24, 2.45) is 0 Å². The van der Waals surface area contributed by atoms with Gasteiger partial charge in [-0.2, -0.15) is 5.10 Å². The monoisotopic (exact) mass is 300 g/mol. The summed E-state index contributed by atoms with van der Waals surface area (Å²) in [5.74, 6) is 0.770. The second kappa shape index (κ2) is 6.53. The average Bonchev–Trinajstić information content (AvgIpc) is 2.80. The molecule has 2 aromatic rings. The lowest BCUT2D eigenvalue weighted by Gasteiger charge is -2.27. The van der Waals surface area contributed by atoms with Crippen molar-refractivity contribution in [2.45, 2.75) is 59.3 Å². The summed E-state index contributed by atoms with van der Waals surface area (Å²) in [7, 11) is 0. The first-order valence-electron chi connectivity index (χ1n) is 7.90. The number of hydrogen-bond donors (Lipinski definition) is 1. The van der Waals surface area contributed by atoms with Crippen molar-refractivity contribution in [3.63, 3.8) is 0 Å². The molecule has 2 rings (SSSR count). The van der Waals surface area contributed by atoms with E-state index in [-0.39, 0.29) is 5.54 Å². The topological polar surface area (TPSA) is 47.1 Å². The Balaban J connectivity index is 2.17. The minimum absolute atomic E-state index is 0.0928. The summed E-state index contributed by atoms with van der Waals surface area (Å²) in [6.07, 6.45) is 1.90. The first-order valence-corrected chi connectivity index (χ1v) is 7.90. The zero-order valence-corrected chi connectivity index (χ0v) is 14.4. The molecule has 0 amide bonds. The fraction of sp³-hybridized carbons (Fsp3) is 0.500. The molecule has 1 heterocycles. The summed E-state index contributed by atoms with van der Waals surface area (Å²) in [5, 5.41) is 4.47. The lowest BCUT2D eigenvalue weighted by molar-refractivity contribution is 0.204.